The highest BCUT2D eigenvalue weighted by molar-refractivity contribution is 5.93. The van der Waals surface area contributed by atoms with Gasteiger partial charge in [0.2, 0.25) is 0 Å². The van der Waals surface area contributed by atoms with E-state index in [2.05, 4.69) is 21.0 Å². The summed E-state index contributed by atoms with van der Waals surface area (Å²) in [5, 5.41) is 11.8. The zero-order valence-electron chi connectivity index (χ0n) is 19.9. The molecule has 0 fully saturated rings. The number of hydrogen-bond acceptors (Lipinski definition) is 5. The fraction of sp³-hybridized carbons (Fsp3) is 0.333. The summed E-state index contributed by atoms with van der Waals surface area (Å²) in [6.45, 7) is 0.912. The third-order valence-electron chi connectivity index (χ3n) is 5.29. The number of methoxy groups -OCH3 is 1. The van der Waals surface area contributed by atoms with E-state index < -0.39 is 35.2 Å². The van der Waals surface area contributed by atoms with E-state index in [1.54, 1.807) is 31.3 Å². The Morgan fingerprint density at radius 1 is 0.973 bits per heavy atom. The van der Waals surface area contributed by atoms with Crippen molar-refractivity contribution in [1.82, 2.24) is 25.7 Å². The first-order valence-electron chi connectivity index (χ1n) is 11.1. The van der Waals surface area contributed by atoms with Crippen LogP contribution in [0.4, 0.5) is 26.3 Å². The maximum atomic E-state index is 13.6. The van der Waals surface area contributed by atoms with Gasteiger partial charge in [-0.15, -0.1) is 0 Å². The van der Waals surface area contributed by atoms with E-state index in [9.17, 15) is 31.1 Å². The Labute approximate surface area is 208 Å². The molecule has 0 bridgehead atoms. The number of nitrogens with zero attached hydrogens (tertiary/aromatic N) is 2. The quantitative estimate of drug-likeness (QED) is 0.272. The van der Waals surface area contributed by atoms with Gasteiger partial charge >= 0.3 is 12.4 Å². The number of nitrogens with one attached hydrogen (secondary N) is 3. The molecule has 37 heavy (non-hydrogen) atoms. The Kier molecular flexibility index (Phi) is 8.81. The molecule has 0 unspecified atom stereocenters. The molecule has 200 valence electrons. The van der Waals surface area contributed by atoms with Gasteiger partial charge in [-0.05, 0) is 36.9 Å². The van der Waals surface area contributed by atoms with Crippen LogP contribution >= 0.6 is 0 Å². The summed E-state index contributed by atoms with van der Waals surface area (Å²) in [4.78, 5) is 12.9. The summed E-state index contributed by atoms with van der Waals surface area (Å²) >= 11 is 0. The van der Waals surface area contributed by atoms with E-state index in [1.165, 1.54) is 13.2 Å². The predicted octanol–water partition coefficient (Wildman–Crippen LogP) is 4.16. The first kappa shape index (κ1) is 28.0. The zero-order valence-corrected chi connectivity index (χ0v) is 19.9. The van der Waals surface area contributed by atoms with Crippen molar-refractivity contribution in [1.29, 1.82) is 0 Å². The fourth-order valence-corrected chi connectivity index (χ4v) is 3.50. The Bertz CT molecular complexity index is 1220. The van der Waals surface area contributed by atoms with Crippen molar-refractivity contribution in [2.75, 3.05) is 27.2 Å². The SMILES string of the molecule is CNCCNCc1cc(-n2nc(C(F)(F)F)cc2C(=O)NCc2ccccc2OC)cc(C(F)(F)F)c1. The number of alkyl halides is 6. The summed E-state index contributed by atoms with van der Waals surface area (Å²) in [5.41, 5.74) is -2.70. The van der Waals surface area contributed by atoms with Crippen molar-refractivity contribution >= 4 is 5.91 Å². The number of benzene rings is 2. The van der Waals surface area contributed by atoms with E-state index >= 15 is 0 Å². The maximum absolute atomic E-state index is 13.6. The summed E-state index contributed by atoms with van der Waals surface area (Å²) in [7, 11) is 3.13. The van der Waals surface area contributed by atoms with Gasteiger partial charge in [0.15, 0.2) is 5.69 Å². The van der Waals surface area contributed by atoms with E-state index in [1.807, 2.05) is 0 Å². The van der Waals surface area contributed by atoms with Gasteiger partial charge in [-0.1, -0.05) is 18.2 Å². The van der Waals surface area contributed by atoms with Crippen molar-refractivity contribution in [2.45, 2.75) is 25.4 Å². The second kappa shape index (κ2) is 11.6. The van der Waals surface area contributed by atoms with E-state index in [0.717, 1.165) is 6.07 Å². The Morgan fingerprint density at radius 2 is 1.70 bits per heavy atom. The minimum Gasteiger partial charge on any atom is -0.496 e. The molecule has 3 aromatic rings. The number of likely N-dealkylation sites (N-methyl/N-ethyl adjacent to an activating group) is 1. The molecule has 0 saturated carbocycles. The molecule has 13 heteroatoms. The van der Waals surface area contributed by atoms with Crippen molar-refractivity contribution in [3.8, 4) is 11.4 Å². The van der Waals surface area contributed by atoms with Crippen molar-refractivity contribution in [3.63, 3.8) is 0 Å². The normalized spacial score (nSPS) is 12.0. The molecule has 0 radical (unpaired) electrons. The maximum Gasteiger partial charge on any atom is 0.435 e. The molecular formula is C24H25F6N5O2. The number of amides is 1. The van der Waals surface area contributed by atoms with Gasteiger partial charge in [0.1, 0.15) is 11.4 Å². The summed E-state index contributed by atoms with van der Waals surface area (Å²) < 4.78 is 87.0. The van der Waals surface area contributed by atoms with Gasteiger partial charge < -0.3 is 20.7 Å². The Balaban J connectivity index is 2.01. The molecule has 7 nitrogen and oxygen atoms in total. The molecule has 0 aliphatic carbocycles. The van der Waals surface area contributed by atoms with Crippen LogP contribution in [0.3, 0.4) is 0 Å². The zero-order chi connectivity index (χ0) is 27.2. The highest BCUT2D eigenvalue weighted by Crippen LogP contribution is 2.33. The molecule has 1 heterocycles. The standard InChI is InChI=1S/C24H25F6N5O2/c1-31-7-8-32-13-15-9-17(23(25,26)27)11-18(10-15)35-19(12-21(34-35)24(28,29)30)22(36)33-14-16-5-3-4-6-20(16)37-2/h3-6,9-12,31-32H,7-8,13-14H2,1-2H3,(H,33,36). The van der Waals surface area contributed by atoms with Crippen LogP contribution in [0.2, 0.25) is 0 Å². The molecule has 3 N–H and O–H groups in total. The average Bonchev–Trinajstić information content (AvgIpc) is 3.31. The number of hydrogen-bond donors (Lipinski definition) is 3. The highest BCUT2D eigenvalue weighted by Gasteiger charge is 2.37. The summed E-state index contributed by atoms with van der Waals surface area (Å²) in [5.74, 6) is -0.513. The molecule has 2 aromatic carbocycles. The first-order valence-corrected chi connectivity index (χ1v) is 11.1. The second-order valence-corrected chi connectivity index (χ2v) is 7.99. The van der Waals surface area contributed by atoms with Gasteiger partial charge in [0.05, 0.1) is 18.4 Å². The minimum atomic E-state index is -4.93. The minimum absolute atomic E-state index is 0.0152. The number of rotatable bonds is 10. The average molecular weight is 529 g/mol. The molecule has 3 rings (SSSR count). The second-order valence-electron chi connectivity index (χ2n) is 7.99. The summed E-state index contributed by atoms with van der Waals surface area (Å²) in [6.07, 6.45) is -9.70. The van der Waals surface area contributed by atoms with Crippen LogP contribution in [0.5, 0.6) is 5.75 Å². The van der Waals surface area contributed by atoms with Gasteiger partial charge in [-0.2, -0.15) is 31.4 Å². The number of aromatic nitrogens is 2. The number of ether oxygens (including phenoxy) is 1. The summed E-state index contributed by atoms with van der Waals surface area (Å²) in [6, 6.07) is 9.99. The topological polar surface area (TPSA) is 80.2 Å². The molecule has 1 amide bonds. The molecule has 1 aromatic heterocycles. The third kappa shape index (κ3) is 7.23. The first-order chi connectivity index (χ1) is 17.4. The molecule has 0 aliphatic rings. The monoisotopic (exact) mass is 529 g/mol. The van der Waals surface area contributed by atoms with E-state index in [-0.39, 0.29) is 24.3 Å². The van der Waals surface area contributed by atoms with E-state index in [0.29, 0.717) is 41.2 Å². The predicted molar refractivity (Wildman–Crippen MR) is 123 cm³/mol. The molecule has 0 aliphatic heterocycles. The number of carbonyl (C=O) groups is 1. The van der Waals surface area contributed by atoms with Gasteiger partial charge in [-0.3, -0.25) is 4.79 Å². The van der Waals surface area contributed by atoms with Crippen LogP contribution in [-0.2, 0) is 25.4 Å². The van der Waals surface area contributed by atoms with Crippen molar-refractivity contribution in [2.24, 2.45) is 0 Å². The van der Waals surface area contributed by atoms with Crippen LogP contribution in [0.25, 0.3) is 5.69 Å². The highest BCUT2D eigenvalue weighted by atomic mass is 19.4. The van der Waals surface area contributed by atoms with E-state index in [4.69, 9.17) is 4.74 Å². The fourth-order valence-electron chi connectivity index (χ4n) is 3.50. The molecule has 0 saturated heterocycles. The lowest BCUT2D eigenvalue weighted by Gasteiger charge is -2.15. The Hall–Kier alpha value is -3.58. The van der Waals surface area contributed by atoms with Gasteiger partial charge in [-0.25, -0.2) is 4.68 Å². The smallest absolute Gasteiger partial charge is 0.435 e. The van der Waals surface area contributed by atoms with Crippen LogP contribution in [0, 0.1) is 0 Å². The molecule has 0 spiro atoms. The van der Waals surface area contributed by atoms with Crippen LogP contribution in [0.15, 0.2) is 48.5 Å². The Morgan fingerprint density at radius 3 is 2.35 bits per heavy atom. The lowest BCUT2D eigenvalue weighted by molar-refractivity contribution is -0.141. The third-order valence-corrected chi connectivity index (χ3v) is 5.29. The largest absolute Gasteiger partial charge is 0.496 e. The molecular weight excluding hydrogens is 504 g/mol. The lowest BCUT2D eigenvalue weighted by Crippen LogP contribution is -2.26. The number of carbonyl (C=O) groups excluding carboxylic acids is 1. The number of para-hydroxylation sites is 1. The van der Waals surface area contributed by atoms with Crippen LogP contribution in [-0.4, -0.2) is 42.9 Å². The lowest BCUT2D eigenvalue weighted by atomic mass is 10.1. The van der Waals surface area contributed by atoms with Crippen molar-refractivity contribution in [3.05, 3.63) is 76.6 Å². The van der Waals surface area contributed by atoms with Crippen LogP contribution < -0.4 is 20.7 Å². The van der Waals surface area contributed by atoms with Gasteiger partial charge in [0, 0.05) is 37.8 Å². The van der Waals surface area contributed by atoms with Crippen molar-refractivity contribution < 1.29 is 35.9 Å². The number of halogens is 6. The van der Waals surface area contributed by atoms with Gasteiger partial charge in [0.25, 0.3) is 5.91 Å². The molecule has 0 atom stereocenters. The van der Waals surface area contributed by atoms with Crippen LogP contribution in [0.1, 0.15) is 32.9 Å².